The predicted octanol–water partition coefficient (Wildman–Crippen LogP) is 0.883. The fraction of sp³-hybridized carbons (Fsp3) is 0.333. The molecule has 0 spiro atoms. The molecule has 0 aliphatic carbocycles. The lowest BCUT2D eigenvalue weighted by Gasteiger charge is -2.15. The van der Waals surface area contributed by atoms with E-state index in [1.165, 1.54) is 13.0 Å². The van der Waals surface area contributed by atoms with Gasteiger partial charge in [0.25, 0.3) is 5.91 Å². The third-order valence-electron chi connectivity index (χ3n) is 4.52. The zero-order chi connectivity index (χ0) is 22.1. The fourth-order valence-electron chi connectivity index (χ4n) is 2.97. The highest BCUT2D eigenvalue weighted by molar-refractivity contribution is 6.62. The van der Waals surface area contributed by atoms with Gasteiger partial charge in [0.05, 0.1) is 12.3 Å². The largest absolute Gasteiger partial charge is 0.492 e. The van der Waals surface area contributed by atoms with E-state index in [0.29, 0.717) is 11.0 Å². The molecule has 0 radical (unpaired) electrons. The Bertz CT molecular complexity index is 986. The zero-order valence-electron chi connectivity index (χ0n) is 16.0. The summed E-state index contributed by atoms with van der Waals surface area (Å²) in [5.41, 5.74) is 1.93. The van der Waals surface area contributed by atoms with Crippen LogP contribution in [0.15, 0.2) is 24.4 Å². The number of rotatable bonds is 5. The highest BCUT2D eigenvalue weighted by Gasteiger charge is 2.35. The molecule has 0 saturated heterocycles. The van der Waals surface area contributed by atoms with Gasteiger partial charge in [-0.05, 0) is 42.6 Å². The Kier molecular flexibility index (Phi) is 6.08. The van der Waals surface area contributed by atoms with Gasteiger partial charge in [0.1, 0.15) is 12.6 Å². The van der Waals surface area contributed by atoms with Crippen molar-refractivity contribution >= 4 is 24.5 Å². The van der Waals surface area contributed by atoms with Crippen molar-refractivity contribution in [2.45, 2.75) is 39.3 Å². The summed E-state index contributed by atoms with van der Waals surface area (Å²) >= 11 is 0. The van der Waals surface area contributed by atoms with Crippen LogP contribution in [0.25, 0.3) is 0 Å². The summed E-state index contributed by atoms with van der Waals surface area (Å²) in [6.45, 7) is 2.76. The van der Waals surface area contributed by atoms with Crippen LogP contribution in [-0.4, -0.2) is 40.0 Å². The topological polar surface area (TPSA) is 111 Å². The SMILES string of the molecule is Cc1c(C(=O)N[C@@H](C)C(=O)OCc2ccnc(C(F)(F)F)n2)ccc2c1B(O)OC2. The van der Waals surface area contributed by atoms with Gasteiger partial charge in [0.2, 0.25) is 5.82 Å². The van der Waals surface area contributed by atoms with Crippen molar-refractivity contribution in [3.05, 3.63) is 52.6 Å². The van der Waals surface area contributed by atoms with E-state index < -0.39 is 43.6 Å². The Morgan fingerprint density at radius 3 is 2.80 bits per heavy atom. The van der Waals surface area contributed by atoms with Gasteiger partial charge in [-0.1, -0.05) is 6.07 Å². The maximum atomic E-state index is 12.6. The van der Waals surface area contributed by atoms with E-state index in [4.69, 9.17) is 9.39 Å². The number of alkyl halides is 3. The van der Waals surface area contributed by atoms with E-state index >= 15 is 0 Å². The molecule has 1 aromatic carbocycles. The maximum Gasteiger partial charge on any atom is 0.492 e. The molecule has 2 heterocycles. The number of fused-ring (bicyclic) bond motifs is 1. The summed E-state index contributed by atoms with van der Waals surface area (Å²) in [6, 6.07) is 3.33. The van der Waals surface area contributed by atoms with Gasteiger partial charge in [-0.3, -0.25) is 4.79 Å². The van der Waals surface area contributed by atoms with Gasteiger partial charge in [-0.2, -0.15) is 13.2 Å². The molecule has 1 amide bonds. The molecule has 1 aromatic heterocycles. The van der Waals surface area contributed by atoms with Gasteiger partial charge in [0, 0.05) is 11.8 Å². The van der Waals surface area contributed by atoms with Crippen LogP contribution in [0.2, 0.25) is 0 Å². The first kappa shape index (κ1) is 21.7. The lowest BCUT2D eigenvalue weighted by Crippen LogP contribution is -2.41. The number of halogens is 3. The molecule has 1 atom stereocenters. The molecule has 1 aliphatic heterocycles. The summed E-state index contributed by atoms with van der Waals surface area (Å²) in [5.74, 6) is -2.76. The molecule has 30 heavy (non-hydrogen) atoms. The van der Waals surface area contributed by atoms with Crippen molar-refractivity contribution in [1.82, 2.24) is 15.3 Å². The maximum absolute atomic E-state index is 12.6. The molecule has 3 rings (SSSR count). The van der Waals surface area contributed by atoms with Crippen LogP contribution in [-0.2, 0) is 33.6 Å². The second-order valence-electron chi connectivity index (χ2n) is 6.65. The summed E-state index contributed by atoms with van der Waals surface area (Å²) in [4.78, 5) is 31.1. The monoisotopic (exact) mass is 423 g/mol. The Morgan fingerprint density at radius 2 is 2.10 bits per heavy atom. The minimum absolute atomic E-state index is 0.132. The second kappa shape index (κ2) is 8.40. The van der Waals surface area contributed by atoms with E-state index in [1.54, 1.807) is 19.1 Å². The van der Waals surface area contributed by atoms with Gasteiger partial charge >= 0.3 is 19.3 Å². The molecule has 1 aliphatic rings. The molecular weight excluding hydrogens is 406 g/mol. The second-order valence-corrected chi connectivity index (χ2v) is 6.65. The average Bonchev–Trinajstić information content (AvgIpc) is 3.07. The number of nitrogens with one attached hydrogen (secondary N) is 1. The molecule has 2 aromatic rings. The van der Waals surface area contributed by atoms with Gasteiger partial charge < -0.3 is 19.7 Å². The summed E-state index contributed by atoms with van der Waals surface area (Å²) < 4.78 is 48.0. The highest BCUT2D eigenvalue weighted by Crippen LogP contribution is 2.25. The first-order valence-electron chi connectivity index (χ1n) is 8.86. The number of amides is 1. The van der Waals surface area contributed by atoms with Crippen LogP contribution in [0.4, 0.5) is 13.2 Å². The van der Waals surface area contributed by atoms with Crippen molar-refractivity contribution in [2.24, 2.45) is 0 Å². The van der Waals surface area contributed by atoms with E-state index in [-0.39, 0.29) is 17.9 Å². The van der Waals surface area contributed by atoms with Crippen molar-refractivity contribution in [3.63, 3.8) is 0 Å². The third kappa shape index (κ3) is 4.60. The quantitative estimate of drug-likeness (QED) is 0.543. The number of hydrogen-bond donors (Lipinski definition) is 2. The number of hydrogen-bond acceptors (Lipinski definition) is 7. The first-order valence-corrected chi connectivity index (χ1v) is 8.86. The number of carbonyl (C=O) groups is 2. The molecule has 0 unspecified atom stereocenters. The van der Waals surface area contributed by atoms with Gasteiger partial charge in [-0.25, -0.2) is 14.8 Å². The number of esters is 1. The van der Waals surface area contributed by atoms with Gasteiger partial charge in [0.15, 0.2) is 0 Å². The van der Waals surface area contributed by atoms with Crippen molar-refractivity contribution in [3.8, 4) is 0 Å². The Balaban J connectivity index is 1.61. The van der Waals surface area contributed by atoms with E-state index in [9.17, 15) is 27.8 Å². The van der Waals surface area contributed by atoms with Crippen LogP contribution in [0.1, 0.15) is 39.9 Å². The minimum Gasteiger partial charge on any atom is -0.458 e. The molecule has 12 heteroatoms. The number of benzene rings is 1. The smallest absolute Gasteiger partial charge is 0.458 e. The van der Waals surface area contributed by atoms with Crippen LogP contribution < -0.4 is 10.8 Å². The van der Waals surface area contributed by atoms with Crippen molar-refractivity contribution in [2.75, 3.05) is 0 Å². The number of aromatic nitrogens is 2. The normalized spacial score (nSPS) is 14.3. The lowest BCUT2D eigenvalue weighted by atomic mass is 9.75. The molecule has 0 fully saturated rings. The summed E-state index contributed by atoms with van der Waals surface area (Å²) in [5, 5.41) is 12.3. The molecule has 0 bridgehead atoms. The molecular formula is C18H17BF3N3O5. The zero-order valence-corrected chi connectivity index (χ0v) is 16.0. The highest BCUT2D eigenvalue weighted by atomic mass is 19.4. The number of ether oxygens (including phenoxy) is 1. The van der Waals surface area contributed by atoms with Crippen LogP contribution in [0.5, 0.6) is 0 Å². The third-order valence-corrected chi connectivity index (χ3v) is 4.52. The molecule has 8 nitrogen and oxygen atoms in total. The summed E-state index contributed by atoms with van der Waals surface area (Å²) in [7, 11) is -1.12. The summed E-state index contributed by atoms with van der Waals surface area (Å²) in [6.07, 6.45) is -3.80. The van der Waals surface area contributed by atoms with Crippen LogP contribution >= 0.6 is 0 Å². The molecule has 0 saturated carbocycles. The van der Waals surface area contributed by atoms with E-state index in [1.807, 2.05) is 0 Å². The Labute approximate surface area is 169 Å². The standard InChI is InChI=1S/C18H17BF3N3O5/c1-9-13(4-3-11-7-30-19(28)14(9)11)15(26)24-10(2)16(27)29-8-12-5-6-23-17(25-12)18(20,21)22/h3-6,10,28H,7-8H2,1-2H3,(H,24,26)/t10-/m0/s1. The molecule has 2 N–H and O–H groups in total. The van der Waals surface area contributed by atoms with E-state index in [2.05, 4.69) is 15.3 Å². The first-order chi connectivity index (χ1) is 14.1. The Morgan fingerprint density at radius 1 is 1.37 bits per heavy atom. The minimum atomic E-state index is -4.71. The number of nitrogens with zero attached hydrogens (tertiary/aromatic N) is 2. The average molecular weight is 423 g/mol. The number of carbonyl (C=O) groups excluding carboxylic acids is 2. The van der Waals surface area contributed by atoms with E-state index in [0.717, 1.165) is 11.8 Å². The molecule has 158 valence electrons. The predicted molar refractivity (Wildman–Crippen MR) is 97.3 cm³/mol. The van der Waals surface area contributed by atoms with Crippen LogP contribution in [0.3, 0.4) is 0 Å². The van der Waals surface area contributed by atoms with Crippen LogP contribution in [0, 0.1) is 6.92 Å². The lowest BCUT2D eigenvalue weighted by molar-refractivity contribution is -0.147. The Hall–Kier alpha value is -2.99. The van der Waals surface area contributed by atoms with Gasteiger partial charge in [-0.15, -0.1) is 0 Å². The van der Waals surface area contributed by atoms with Crippen molar-refractivity contribution in [1.29, 1.82) is 0 Å². The van der Waals surface area contributed by atoms with Crippen molar-refractivity contribution < 1.29 is 37.2 Å². The fourth-order valence-corrected chi connectivity index (χ4v) is 2.97.